The number of rotatable bonds is 7. The van der Waals surface area contributed by atoms with Gasteiger partial charge in [-0.1, -0.05) is 12.1 Å². The van der Waals surface area contributed by atoms with E-state index in [1.807, 2.05) is 4.90 Å². The zero-order chi connectivity index (χ0) is 20.8. The van der Waals surface area contributed by atoms with Crippen molar-refractivity contribution in [1.29, 1.82) is 0 Å². The van der Waals surface area contributed by atoms with Crippen LogP contribution in [0.2, 0.25) is 0 Å². The maximum absolute atomic E-state index is 14.5. The van der Waals surface area contributed by atoms with Gasteiger partial charge in [-0.25, -0.2) is 4.39 Å². The first kappa shape index (κ1) is 20.7. The van der Waals surface area contributed by atoms with Crippen molar-refractivity contribution < 1.29 is 32.2 Å². The lowest BCUT2D eigenvalue weighted by molar-refractivity contribution is -0.0512. The molecule has 0 N–H and O–H groups in total. The van der Waals surface area contributed by atoms with Crippen molar-refractivity contribution in [2.45, 2.75) is 6.61 Å². The Kier molecular flexibility index (Phi) is 6.77. The van der Waals surface area contributed by atoms with E-state index in [-0.39, 0.29) is 22.8 Å². The molecule has 0 atom stereocenters. The number of ether oxygens (including phenoxy) is 3. The Morgan fingerprint density at radius 3 is 2.55 bits per heavy atom. The van der Waals surface area contributed by atoms with Gasteiger partial charge in [-0.3, -0.25) is 4.79 Å². The van der Waals surface area contributed by atoms with Gasteiger partial charge in [0.15, 0.2) is 17.3 Å². The lowest BCUT2D eigenvalue weighted by Crippen LogP contribution is -2.36. The number of carbonyl (C=O) groups is 1. The van der Waals surface area contributed by atoms with Crippen LogP contribution in [0.15, 0.2) is 42.5 Å². The average Bonchev–Trinajstić information content (AvgIpc) is 2.73. The summed E-state index contributed by atoms with van der Waals surface area (Å²) in [4.78, 5) is 14.3. The van der Waals surface area contributed by atoms with Crippen molar-refractivity contribution in [3.05, 3.63) is 59.4 Å². The molecule has 1 saturated heterocycles. The molecule has 0 saturated carbocycles. The number of carbonyl (C=O) groups excluding carboxylic acids is 1. The molecule has 0 bridgehead atoms. The van der Waals surface area contributed by atoms with Crippen molar-refractivity contribution >= 4 is 17.5 Å². The maximum Gasteiger partial charge on any atom is 0.387 e. The van der Waals surface area contributed by atoms with Crippen LogP contribution in [-0.4, -0.2) is 45.8 Å². The van der Waals surface area contributed by atoms with Crippen LogP contribution in [0.1, 0.15) is 15.9 Å². The van der Waals surface area contributed by atoms with Gasteiger partial charge in [-0.2, -0.15) is 8.78 Å². The van der Waals surface area contributed by atoms with Crippen LogP contribution in [0.3, 0.4) is 0 Å². The highest BCUT2D eigenvalue weighted by Crippen LogP contribution is 2.30. The minimum Gasteiger partial charge on any atom is -0.493 e. The zero-order valence-corrected chi connectivity index (χ0v) is 15.7. The molecule has 0 aliphatic carbocycles. The molecule has 0 radical (unpaired) electrons. The summed E-state index contributed by atoms with van der Waals surface area (Å²) in [7, 11) is 1.32. The minimum atomic E-state index is -2.97. The fraction of sp³-hybridized carbons (Fsp3) is 0.286. The van der Waals surface area contributed by atoms with Gasteiger partial charge in [0, 0.05) is 18.7 Å². The number of hydrogen-bond donors (Lipinski definition) is 0. The van der Waals surface area contributed by atoms with Crippen LogP contribution in [0, 0.1) is 5.82 Å². The summed E-state index contributed by atoms with van der Waals surface area (Å²) in [5.74, 6) is -0.849. The molecule has 29 heavy (non-hydrogen) atoms. The third kappa shape index (κ3) is 5.29. The third-order valence-electron chi connectivity index (χ3n) is 4.41. The maximum atomic E-state index is 14.5. The monoisotopic (exact) mass is 407 g/mol. The van der Waals surface area contributed by atoms with Crippen molar-refractivity contribution in [1.82, 2.24) is 0 Å². The van der Waals surface area contributed by atoms with E-state index in [1.54, 1.807) is 12.1 Å². The predicted molar refractivity (Wildman–Crippen MR) is 102 cm³/mol. The van der Waals surface area contributed by atoms with Gasteiger partial charge in [0.1, 0.15) is 5.82 Å². The first-order chi connectivity index (χ1) is 14.0. The molecule has 3 rings (SSSR count). The van der Waals surface area contributed by atoms with E-state index in [2.05, 4.69) is 4.74 Å². The van der Waals surface area contributed by atoms with E-state index in [1.165, 1.54) is 43.5 Å². The molecular weight excluding hydrogens is 387 g/mol. The Hall–Kier alpha value is -3.00. The number of ketones is 1. The van der Waals surface area contributed by atoms with E-state index in [9.17, 15) is 18.0 Å². The van der Waals surface area contributed by atoms with Crippen LogP contribution in [0.5, 0.6) is 11.5 Å². The van der Waals surface area contributed by atoms with Crippen LogP contribution < -0.4 is 14.4 Å². The van der Waals surface area contributed by atoms with E-state index < -0.39 is 12.4 Å². The van der Waals surface area contributed by atoms with Crippen LogP contribution in [-0.2, 0) is 4.74 Å². The number of methoxy groups -OCH3 is 1. The Morgan fingerprint density at radius 2 is 1.90 bits per heavy atom. The summed E-state index contributed by atoms with van der Waals surface area (Å²) in [6, 6.07) is 8.65. The molecule has 1 heterocycles. The lowest BCUT2D eigenvalue weighted by atomic mass is 10.1. The summed E-state index contributed by atoms with van der Waals surface area (Å²) in [5.41, 5.74) is 1.19. The number of benzene rings is 2. The highest BCUT2D eigenvalue weighted by molar-refractivity contribution is 6.07. The third-order valence-corrected chi connectivity index (χ3v) is 4.41. The molecule has 154 valence electrons. The van der Waals surface area contributed by atoms with Gasteiger partial charge < -0.3 is 19.1 Å². The second-order valence-electron chi connectivity index (χ2n) is 6.25. The molecule has 1 aliphatic heterocycles. The van der Waals surface area contributed by atoms with E-state index >= 15 is 0 Å². The van der Waals surface area contributed by atoms with E-state index in [0.717, 1.165) is 0 Å². The number of anilines is 1. The largest absolute Gasteiger partial charge is 0.493 e. The number of alkyl halides is 2. The van der Waals surface area contributed by atoms with E-state index in [4.69, 9.17) is 9.47 Å². The molecule has 1 fully saturated rings. The summed E-state index contributed by atoms with van der Waals surface area (Å²) < 4.78 is 53.9. The summed E-state index contributed by atoms with van der Waals surface area (Å²) in [6.45, 7) is -0.711. The molecule has 0 spiro atoms. The Morgan fingerprint density at radius 1 is 1.14 bits per heavy atom. The highest BCUT2D eigenvalue weighted by atomic mass is 19.3. The van der Waals surface area contributed by atoms with Gasteiger partial charge >= 0.3 is 6.61 Å². The van der Waals surface area contributed by atoms with Gasteiger partial charge in [0.2, 0.25) is 0 Å². The van der Waals surface area contributed by atoms with Gasteiger partial charge in [-0.15, -0.1) is 0 Å². The van der Waals surface area contributed by atoms with Crippen LogP contribution in [0.25, 0.3) is 6.08 Å². The Bertz CT molecular complexity index is 895. The average molecular weight is 407 g/mol. The standard InChI is InChI=1S/C21H20F3NO4/c1-27-20-12-14(3-7-19(20)29-21(23)24)2-6-18(26)15-4-5-17(16(22)13-15)25-8-10-28-11-9-25/h2-7,12-13,21H,8-11H2,1H3/b6-2+. The van der Waals surface area contributed by atoms with Gasteiger partial charge in [0.25, 0.3) is 0 Å². The van der Waals surface area contributed by atoms with Crippen molar-refractivity contribution in [3.63, 3.8) is 0 Å². The second-order valence-corrected chi connectivity index (χ2v) is 6.25. The zero-order valence-electron chi connectivity index (χ0n) is 15.7. The van der Waals surface area contributed by atoms with E-state index in [0.29, 0.717) is 37.6 Å². The molecule has 1 aliphatic rings. The fourth-order valence-corrected chi connectivity index (χ4v) is 2.97. The van der Waals surface area contributed by atoms with Crippen molar-refractivity contribution in [2.24, 2.45) is 0 Å². The summed E-state index contributed by atoms with van der Waals surface area (Å²) in [6.07, 6.45) is 2.77. The van der Waals surface area contributed by atoms with Crippen molar-refractivity contribution in [2.75, 3.05) is 38.3 Å². The number of morpholine rings is 1. The number of nitrogens with zero attached hydrogens (tertiary/aromatic N) is 1. The topological polar surface area (TPSA) is 48.0 Å². The first-order valence-electron chi connectivity index (χ1n) is 8.95. The predicted octanol–water partition coefficient (Wildman–Crippen LogP) is 4.17. The molecule has 8 heteroatoms. The van der Waals surface area contributed by atoms with Gasteiger partial charge in [-0.05, 0) is 42.0 Å². The summed E-state index contributed by atoms with van der Waals surface area (Å²) in [5, 5.41) is 0. The van der Waals surface area contributed by atoms with Gasteiger partial charge in [0.05, 0.1) is 26.0 Å². The summed E-state index contributed by atoms with van der Waals surface area (Å²) >= 11 is 0. The quantitative estimate of drug-likeness (QED) is 0.509. The molecule has 2 aromatic carbocycles. The number of halogens is 3. The lowest BCUT2D eigenvalue weighted by Gasteiger charge is -2.29. The number of hydrogen-bond acceptors (Lipinski definition) is 5. The molecule has 0 amide bonds. The Labute approximate surface area is 166 Å². The van der Waals surface area contributed by atoms with Crippen LogP contribution >= 0.6 is 0 Å². The SMILES string of the molecule is COc1cc(/C=C/C(=O)c2ccc(N3CCOCC3)c(F)c2)ccc1OC(F)F. The fourth-order valence-electron chi connectivity index (χ4n) is 2.97. The number of allylic oxidation sites excluding steroid dienone is 1. The normalized spacial score (nSPS) is 14.4. The molecule has 5 nitrogen and oxygen atoms in total. The second kappa shape index (κ2) is 9.47. The molecule has 2 aromatic rings. The molecule has 0 aromatic heterocycles. The molecule has 0 unspecified atom stereocenters. The van der Waals surface area contributed by atoms with Crippen LogP contribution in [0.4, 0.5) is 18.9 Å². The Balaban J connectivity index is 1.72. The molecular formula is C21H20F3NO4. The van der Waals surface area contributed by atoms with Crippen molar-refractivity contribution in [3.8, 4) is 11.5 Å². The first-order valence-corrected chi connectivity index (χ1v) is 8.95. The minimum absolute atomic E-state index is 0.105. The highest BCUT2D eigenvalue weighted by Gasteiger charge is 2.16. The smallest absolute Gasteiger partial charge is 0.387 e.